The molecule has 0 fully saturated rings. The first kappa shape index (κ1) is 13.9. The number of amides is 1. The second-order valence-corrected chi connectivity index (χ2v) is 5.35. The SMILES string of the molecule is O=C(Nc1ccc(F)cc1Cl)c1cccc2c1CCCN2. The Labute approximate surface area is 127 Å². The molecule has 3 rings (SSSR count). The summed E-state index contributed by atoms with van der Waals surface area (Å²) < 4.78 is 13.0. The summed E-state index contributed by atoms with van der Waals surface area (Å²) in [5, 5.41) is 6.21. The van der Waals surface area contributed by atoms with Gasteiger partial charge < -0.3 is 10.6 Å². The van der Waals surface area contributed by atoms with Crippen molar-refractivity contribution in [3.63, 3.8) is 0 Å². The monoisotopic (exact) mass is 304 g/mol. The number of carbonyl (C=O) groups excluding carboxylic acids is 1. The number of hydrogen-bond donors (Lipinski definition) is 2. The van der Waals surface area contributed by atoms with Crippen LogP contribution in [0.1, 0.15) is 22.3 Å². The molecule has 3 nitrogen and oxygen atoms in total. The highest BCUT2D eigenvalue weighted by Crippen LogP contribution is 2.27. The average Bonchev–Trinajstić information content (AvgIpc) is 2.49. The molecule has 5 heteroatoms. The zero-order valence-electron chi connectivity index (χ0n) is 11.2. The summed E-state index contributed by atoms with van der Waals surface area (Å²) in [6.45, 7) is 0.919. The number of nitrogens with one attached hydrogen (secondary N) is 2. The molecule has 0 spiro atoms. The lowest BCUT2D eigenvalue weighted by Crippen LogP contribution is -2.19. The van der Waals surface area contributed by atoms with Gasteiger partial charge in [-0.15, -0.1) is 0 Å². The number of anilines is 2. The van der Waals surface area contributed by atoms with E-state index >= 15 is 0 Å². The fraction of sp³-hybridized carbons (Fsp3) is 0.188. The van der Waals surface area contributed by atoms with Crippen LogP contribution in [-0.4, -0.2) is 12.5 Å². The Morgan fingerprint density at radius 2 is 2.14 bits per heavy atom. The van der Waals surface area contributed by atoms with Gasteiger partial charge in [-0.05, 0) is 48.7 Å². The van der Waals surface area contributed by atoms with Crippen molar-refractivity contribution in [3.8, 4) is 0 Å². The normalized spacial score (nSPS) is 13.2. The second kappa shape index (κ2) is 5.74. The van der Waals surface area contributed by atoms with E-state index in [0.29, 0.717) is 11.3 Å². The van der Waals surface area contributed by atoms with Crippen LogP contribution in [0.4, 0.5) is 15.8 Å². The first-order valence-corrected chi connectivity index (χ1v) is 7.15. The molecule has 1 aliphatic heterocycles. The zero-order valence-corrected chi connectivity index (χ0v) is 12.0. The molecule has 0 atom stereocenters. The molecule has 0 unspecified atom stereocenters. The van der Waals surface area contributed by atoms with Crippen molar-refractivity contribution in [2.24, 2.45) is 0 Å². The molecule has 0 aliphatic carbocycles. The van der Waals surface area contributed by atoms with Crippen molar-refractivity contribution in [1.82, 2.24) is 0 Å². The van der Waals surface area contributed by atoms with Crippen LogP contribution in [0, 0.1) is 5.82 Å². The summed E-state index contributed by atoms with van der Waals surface area (Å²) in [4.78, 5) is 12.4. The van der Waals surface area contributed by atoms with E-state index in [4.69, 9.17) is 11.6 Å². The molecule has 21 heavy (non-hydrogen) atoms. The van der Waals surface area contributed by atoms with Crippen LogP contribution < -0.4 is 10.6 Å². The lowest BCUT2D eigenvalue weighted by Gasteiger charge is -2.20. The minimum absolute atomic E-state index is 0.186. The molecule has 2 N–H and O–H groups in total. The summed E-state index contributed by atoms with van der Waals surface area (Å²) >= 11 is 5.94. The molecule has 0 bridgehead atoms. The van der Waals surface area contributed by atoms with Crippen LogP contribution in [-0.2, 0) is 6.42 Å². The topological polar surface area (TPSA) is 41.1 Å². The van der Waals surface area contributed by atoms with Crippen LogP contribution in [0.25, 0.3) is 0 Å². The lowest BCUT2D eigenvalue weighted by molar-refractivity contribution is 0.102. The van der Waals surface area contributed by atoms with Gasteiger partial charge in [-0.25, -0.2) is 4.39 Å². The van der Waals surface area contributed by atoms with Gasteiger partial charge in [0.15, 0.2) is 0 Å². The third-order valence-electron chi connectivity index (χ3n) is 3.52. The largest absolute Gasteiger partial charge is 0.385 e. The Balaban J connectivity index is 1.89. The molecule has 2 aromatic rings. The van der Waals surface area contributed by atoms with Gasteiger partial charge in [0.25, 0.3) is 5.91 Å². The van der Waals surface area contributed by atoms with E-state index in [0.717, 1.165) is 30.6 Å². The Morgan fingerprint density at radius 1 is 1.29 bits per heavy atom. The molecular weight excluding hydrogens is 291 g/mol. The molecule has 1 amide bonds. The van der Waals surface area contributed by atoms with E-state index in [-0.39, 0.29) is 10.9 Å². The number of halogens is 2. The highest BCUT2D eigenvalue weighted by molar-refractivity contribution is 6.34. The summed E-state index contributed by atoms with van der Waals surface area (Å²) in [5.74, 6) is -0.664. The third-order valence-corrected chi connectivity index (χ3v) is 3.83. The van der Waals surface area contributed by atoms with Crippen LogP contribution in [0.3, 0.4) is 0 Å². The maximum absolute atomic E-state index is 13.0. The quantitative estimate of drug-likeness (QED) is 0.877. The maximum atomic E-state index is 13.0. The van der Waals surface area contributed by atoms with Crippen LogP contribution in [0.2, 0.25) is 5.02 Å². The highest BCUT2D eigenvalue weighted by atomic mass is 35.5. The van der Waals surface area contributed by atoms with Crippen molar-refractivity contribution < 1.29 is 9.18 Å². The van der Waals surface area contributed by atoms with Gasteiger partial charge in [-0.1, -0.05) is 17.7 Å². The number of benzene rings is 2. The second-order valence-electron chi connectivity index (χ2n) is 4.94. The molecule has 0 saturated heterocycles. The highest BCUT2D eigenvalue weighted by Gasteiger charge is 2.18. The van der Waals surface area contributed by atoms with Gasteiger partial charge in [-0.2, -0.15) is 0 Å². The number of hydrogen-bond acceptors (Lipinski definition) is 2. The number of carbonyl (C=O) groups is 1. The Bertz CT molecular complexity index is 703. The predicted octanol–water partition coefficient (Wildman–Crippen LogP) is 4.09. The molecule has 0 aromatic heterocycles. The first-order chi connectivity index (χ1) is 10.1. The lowest BCUT2D eigenvalue weighted by atomic mass is 9.97. The standard InChI is InChI=1S/C16H14ClFN2O/c17-13-9-10(18)6-7-15(13)20-16(21)12-3-1-5-14-11(12)4-2-8-19-14/h1,3,5-7,9,19H,2,4,8H2,(H,20,21). The smallest absolute Gasteiger partial charge is 0.256 e. The Hall–Kier alpha value is -2.07. The minimum Gasteiger partial charge on any atom is -0.385 e. The van der Waals surface area contributed by atoms with Crippen LogP contribution in [0.5, 0.6) is 0 Å². The fourth-order valence-corrected chi connectivity index (χ4v) is 2.72. The van der Waals surface area contributed by atoms with Gasteiger partial charge in [0, 0.05) is 17.8 Å². The fourth-order valence-electron chi connectivity index (χ4n) is 2.50. The minimum atomic E-state index is -0.431. The molecule has 0 radical (unpaired) electrons. The molecule has 2 aromatic carbocycles. The van der Waals surface area contributed by atoms with E-state index in [1.54, 1.807) is 6.07 Å². The molecule has 0 saturated carbocycles. The molecule has 108 valence electrons. The Morgan fingerprint density at radius 3 is 2.95 bits per heavy atom. The number of fused-ring (bicyclic) bond motifs is 1. The summed E-state index contributed by atoms with van der Waals surface area (Å²) in [6, 6.07) is 9.51. The summed E-state index contributed by atoms with van der Waals surface area (Å²) in [6.07, 6.45) is 1.86. The van der Waals surface area contributed by atoms with Crippen molar-refractivity contribution >= 4 is 28.9 Å². The van der Waals surface area contributed by atoms with Crippen molar-refractivity contribution in [3.05, 3.63) is 58.4 Å². The summed E-state index contributed by atoms with van der Waals surface area (Å²) in [7, 11) is 0. The van der Waals surface area contributed by atoms with Crippen molar-refractivity contribution in [2.45, 2.75) is 12.8 Å². The van der Waals surface area contributed by atoms with Crippen molar-refractivity contribution in [2.75, 3.05) is 17.2 Å². The van der Waals surface area contributed by atoms with Gasteiger partial charge in [0.2, 0.25) is 0 Å². The first-order valence-electron chi connectivity index (χ1n) is 6.77. The Kier molecular flexibility index (Phi) is 3.80. The van der Waals surface area contributed by atoms with Crippen LogP contribution in [0.15, 0.2) is 36.4 Å². The zero-order chi connectivity index (χ0) is 14.8. The molecule has 1 aliphatic rings. The van der Waals surface area contributed by atoms with Gasteiger partial charge >= 0.3 is 0 Å². The van der Waals surface area contributed by atoms with E-state index in [9.17, 15) is 9.18 Å². The molecular formula is C16H14ClFN2O. The van der Waals surface area contributed by atoms with E-state index < -0.39 is 5.82 Å². The van der Waals surface area contributed by atoms with E-state index in [1.165, 1.54) is 18.2 Å². The number of rotatable bonds is 2. The van der Waals surface area contributed by atoms with Gasteiger partial charge in [0.1, 0.15) is 5.82 Å². The predicted molar refractivity (Wildman–Crippen MR) is 82.6 cm³/mol. The average molecular weight is 305 g/mol. The third kappa shape index (κ3) is 2.85. The van der Waals surface area contributed by atoms with Crippen LogP contribution >= 0.6 is 11.6 Å². The van der Waals surface area contributed by atoms with Crippen molar-refractivity contribution in [1.29, 1.82) is 0 Å². The van der Waals surface area contributed by atoms with E-state index in [2.05, 4.69) is 10.6 Å². The van der Waals surface area contributed by atoms with E-state index in [1.807, 2.05) is 12.1 Å². The van der Waals surface area contributed by atoms with Gasteiger partial charge in [0.05, 0.1) is 10.7 Å². The maximum Gasteiger partial charge on any atom is 0.256 e. The summed E-state index contributed by atoms with van der Waals surface area (Å²) in [5.41, 5.74) is 3.04. The molecule has 1 heterocycles. The van der Waals surface area contributed by atoms with Gasteiger partial charge in [-0.3, -0.25) is 4.79 Å².